The van der Waals surface area contributed by atoms with Crippen molar-refractivity contribution < 1.29 is 0 Å². The zero-order valence-electron chi connectivity index (χ0n) is 6.26. The molecule has 6 N–H and O–H groups in total. The van der Waals surface area contributed by atoms with Crippen LogP contribution < -0.4 is 11.5 Å². The van der Waals surface area contributed by atoms with E-state index in [1.54, 1.807) is 0 Å². The van der Waals surface area contributed by atoms with E-state index < -0.39 is 0 Å². The Hall–Kier alpha value is -1.85. The average molecular weight is 164 g/mol. The van der Waals surface area contributed by atoms with Gasteiger partial charge in [-0.3, -0.25) is 5.10 Å². The molecular weight excluding hydrogens is 156 g/mol. The van der Waals surface area contributed by atoms with Crippen molar-refractivity contribution in [2.45, 2.75) is 6.42 Å². The van der Waals surface area contributed by atoms with Gasteiger partial charge in [0, 0.05) is 6.42 Å². The molecule has 0 spiro atoms. The molecule has 2 rings (SSSR count). The van der Waals surface area contributed by atoms with E-state index in [-0.39, 0.29) is 0 Å². The molecule has 0 fully saturated rings. The average Bonchev–Trinajstić information content (AvgIpc) is 2.31. The minimum Gasteiger partial charge on any atom is -0.387 e. The lowest BCUT2D eigenvalue weighted by atomic mass is 10.1. The molecule has 0 saturated carbocycles. The summed E-state index contributed by atoms with van der Waals surface area (Å²) in [5.74, 6) is 1.20. The van der Waals surface area contributed by atoms with Crippen LogP contribution in [0.25, 0.3) is 0 Å². The second-order valence-electron chi connectivity index (χ2n) is 2.59. The number of nitrogens with one attached hydrogen (secondary N) is 2. The third-order valence-electron chi connectivity index (χ3n) is 1.68. The highest BCUT2D eigenvalue weighted by Crippen LogP contribution is 2.26. The quantitative estimate of drug-likeness (QED) is 0.423. The highest BCUT2D eigenvalue weighted by atomic mass is 15.2. The minimum atomic E-state index is 0.344. The van der Waals surface area contributed by atoms with Crippen molar-refractivity contribution in [3.05, 3.63) is 5.56 Å². The fraction of sp³-hybridized carbons (Fsp3) is 0.167. The topological polar surface area (TPSA) is 117 Å². The van der Waals surface area contributed by atoms with Crippen molar-refractivity contribution in [1.29, 1.82) is 5.41 Å². The van der Waals surface area contributed by atoms with E-state index in [2.05, 4.69) is 15.2 Å². The van der Waals surface area contributed by atoms with Crippen molar-refractivity contribution in [2.24, 2.45) is 10.7 Å². The van der Waals surface area contributed by atoms with Gasteiger partial charge >= 0.3 is 0 Å². The van der Waals surface area contributed by atoms with Crippen LogP contribution in [0, 0.1) is 5.41 Å². The number of H-pyrrole nitrogens is 1. The summed E-state index contributed by atoms with van der Waals surface area (Å²) in [6, 6.07) is 0. The molecule has 0 radical (unpaired) electrons. The molecule has 1 aromatic rings. The first-order chi connectivity index (χ1) is 5.68. The summed E-state index contributed by atoms with van der Waals surface area (Å²) in [5.41, 5.74) is 11.9. The number of anilines is 1. The van der Waals surface area contributed by atoms with E-state index in [0.717, 1.165) is 0 Å². The Labute approximate surface area is 68.2 Å². The molecule has 0 aliphatic carbocycles. The van der Waals surface area contributed by atoms with Crippen LogP contribution in [0.3, 0.4) is 0 Å². The lowest BCUT2D eigenvalue weighted by Crippen LogP contribution is -2.20. The highest BCUT2D eigenvalue weighted by Gasteiger charge is 2.20. The van der Waals surface area contributed by atoms with E-state index in [9.17, 15) is 0 Å². The van der Waals surface area contributed by atoms with Gasteiger partial charge in [0.25, 0.3) is 0 Å². The second kappa shape index (κ2) is 2.07. The molecular formula is C6H8N6. The van der Waals surface area contributed by atoms with Crippen molar-refractivity contribution >= 4 is 23.2 Å². The lowest BCUT2D eigenvalue weighted by molar-refractivity contribution is 1.08. The largest absolute Gasteiger partial charge is 0.387 e. The van der Waals surface area contributed by atoms with Crippen LogP contribution in [0.1, 0.15) is 12.0 Å². The Kier molecular flexibility index (Phi) is 1.18. The van der Waals surface area contributed by atoms with Gasteiger partial charge in [-0.25, -0.2) is 4.99 Å². The van der Waals surface area contributed by atoms with Crippen molar-refractivity contribution in [2.75, 3.05) is 5.73 Å². The summed E-state index contributed by atoms with van der Waals surface area (Å²) in [5, 5.41) is 13.9. The monoisotopic (exact) mass is 164 g/mol. The molecule has 0 aromatic carbocycles. The number of nitrogen functional groups attached to an aromatic ring is 1. The number of hydrogen-bond acceptors (Lipinski definition) is 5. The molecule has 1 aliphatic heterocycles. The van der Waals surface area contributed by atoms with Crippen LogP contribution in [-0.4, -0.2) is 21.7 Å². The van der Waals surface area contributed by atoms with Crippen molar-refractivity contribution in [1.82, 2.24) is 10.2 Å². The number of nitrogens with two attached hydrogens (primary N) is 2. The number of nitrogens with zero attached hydrogens (tertiary/aromatic N) is 2. The third kappa shape index (κ3) is 0.777. The summed E-state index contributed by atoms with van der Waals surface area (Å²) in [7, 11) is 0. The number of fused-ring (bicyclic) bond motifs is 1. The van der Waals surface area contributed by atoms with Gasteiger partial charge in [-0.15, -0.1) is 0 Å². The predicted octanol–water partition coefficient (Wildman–Crippen LogP) is -0.248. The Morgan fingerprint density at radius 3 is 2.92 bits per heavy atom. The van der Waals surface area contributed by atoms with Gasteiger partial charge < -0.3 is 16.9 Å². The molecule has 0 unspecified atom stereocenters. The van der Waals surface area contributed by atoms with E-state index in [0.29, 0.717) is 35.2 Å². The molecule has 0 amide bonds. The molecule has 0 bridgehead atoms. The molecule has 12 heavy (non-hydrogen) atoms. The molecule has 1 aromatic heterocycles. The van der Waals surface area contributed by atoms with Crippen LogP contribution in [0.2, 0.25) is 0 Å². The van der Waals surface area contributed by atoms with Crippen LogP contribution in [0.15, 0.2) is 4.99 Å². The SMILES string of the molecule is N=C1CC(N)=Nc2n[nH]c(N)c21. The van der Waals surface area contributed by atoms with Gasteiger partial charge in [-0.2, -0.15) is 5.10 Å². The Balaban J connectivity index is 2.65. The summed E-state index contributed by atoms with van der Waals surface area (Å²) in [4.78, 5) is 3.95. The summed E-state index contributed by atoms with van der Waals surface area (Å²) in [6.07, 6.45) is 0.344. The summed E-state index contributed by atoms with van der Waals surface area (Å²) >= 11 is 0. The van der Waals surface area contributed by atoms with E-state index >= 15 is 0 Å². The standard InChI is InChI=1S/C6H8N6/c7-2-1-3(8)10-6-4(2)5(9)11-12-6/h7H,1H2,(H5,8,9,10,11,12). The van der Waals surface area contributed by atoms with E-state index in [1.165, 1.54) is 0 Å². The maximum Gasteiger partial charge on any atom is 0.186 e. The van der Waals surface area contributed by atoms with Gasteiger partial charge in [-0.05, 0) is 0 Å². The number of amidine groups is 1. The Bertz CT molecular complexity index is 373. The summed E-state index contributed by atoms with van der Waals surface area (Å²) < 4.78 is 0. The van der Waals surface area contributed by atoms with Gasteiger partial charge in [0.1, 0.15) is 11.7 Å². The van der Waals surface area contributed by atoms with Crippen LogP contribution >= 0.6 is 0 Å². The first-order valence-electron chi connectivity index (χ1n) is 3.43. The van der Waals surface area contributed by atoms with Crippen molar-refractivity contribution in [3.63, 3.8) is 0 Å². The van der Waals surface area contributed by atoms with Crippen LogP contribution in [-0.2, 0) is 0 Å². The van der Waals surface area contributed by atoms with Gasteiger partial charge in [0.05, 0.1) is 11.3 Å². The molecule has 0 saturated heterocycles. The van der Waals surface area contributed by atoms with Crippen LogP contribution in [0.4, 0.5) is 11.6 Å². The van der Waals surface area contributed by atoms with E-state index in [4.69, 9.17) is 16.9 Å². The Morgan fingerprint density at radius 1 is 1.42 bits per heavy atom. The second-order valence-corrected chi connectivity index (χ2v) is 2.59. The fourth-order valence-corrected chi connectivity index (χ4v) is 1.17. The zero-order chi connectivity index (χ0) is 8.72. The first kappa shape index (κ1) is 6.84. The smallest absolute Gasteiger partial charge is 0.186 e. The van der Waals surface area contributed by atoms with Gasteiger partial charge in [0.15, 0.2) is 5.82 Å². The van der Waals surface area contributed by atoms with Crippen molar-refractivity contribution in [3.8, 4) is 0 Å². The molecule has 0 atom stereocenters. The molecule has 6 heteroatoms. The number of aliphatic imine (C=N–C) groups is 1. The maximum atomic E-state index is 7.56. The molecule has 6 nitrogen and oxygen atoms in total. The Morgan fingerprint density at radius 2 is 2.17 bits per heavy atom. The molecule has 1 aliphatic rings. The molecule has 62 valence electrons. The van der Waals surface area contributed by atoms with Gasteiger partial charge in [-0.1, -0.05) is 0 Å². The summed E-state index contributed by atoms with van der Waals surface area (Å²) in [6.45, 7) is 0. The first-order valence-corrected chi connectivity index (χ1v) is 3.43. The third-order valence-corrected chi connectivity index (χ3v) is 1.68. The lowest BCUT2D eigenvalue weighted by Gasteiger charge is -2.08. The highest BCUT2D eigenvalue weighted by molar-refractivity contribution is 6.17. The minimum absolute atomic E-state index is 0.344. The number of aromatic amines is 1. The normalized spacial score (nSPS) is 15.7. The maximum absolute atomic E-state index is 7.56. The number of rotatable bonds is 0. The zero-order valence-corrected chi connectivity index (χ0v) is 6.26. The van der Waals surface area contributed by atoms with E-state index in [1.807, 2.05) is 0 Å². The predicted molar refractivity (Wildman–Crippen MR) is 45.7 cm³/mol. The fourth-order valence-electron chi connectivity index (χ4n) is 1.17. The molecule has 2 heterocycles. The van der Waals surface area contributed by atoms with Gasteiger partial charge in [0.2, 0.25) is 0 Å². The number of aromatic nitrogens is 2. The number of hydrogen-bond donors (Lipinski definition) is 4. The van der Waals surface area contributed by atoms with Crippen LogP contribution in [0.5, 0.6) is 0 Å².